The van der Waals surface area contributed by atoms with Gasteiger partial charge in [0.25, 0.3) is 0 Å². The van der Waals surface area contributed by atoms with Crippen molar-refractivity contribution in [1.82, 2.24) is 4.98 Å². The van der Waals surface area contributed by atoms with Gasteiger partial charge in [-0.1, -0.05) is 31.2 Å². The van der Waals surface area contributed by atoms with Gasteiger partial charge in [0.05, 0.1) is 21.7 Å². The van der Waals surface area contributed by atoms with Gasteiger partial charge in [-0.15, -0.1) is 23.7 Å². The largest absolute Gasteiger partial charge is 0.313 e. The zero-order valence-electron chi connectivity index (χ0n) is 11.4. The molecule has 0 aliphatic carbocycles. The Morgan fingerprint density at radius 1 is 1.21 bits per heavy atom. The van der Waals surface area contributed by atoms with Crippen molar-refractivity contribution in [1.29, 1.82) is 0 Å². The predicted molar refractivity (Wildman–Crippen MR) is 84.7 cm³/mol. The van der Waals surface area contributed by atoms with Crippen LogP contribution in [0.3, 0.4) is 0 Å². The van der Waals surface area contributed by atoms with Crippen molar-refractivity contribution in [3.05, 3.63) is 41.0 Å². The van der Waals surface area contributed by atoms with Crippen molar-refractivity contribution in [2.24, 2.45) is 11.5 Å². The molecule has 1 aromatic heterocycles. The number of benzene rings is 1. The zero-order chi connectivity index (χ0) is 13.3. The van der Waals surface area contributed by atoms with Gasteiger partial charge in [0, 0.05) is 5.92 Å². The molecule has 2 rings (SSSR count). The Morgan fingerprint density at radius 3 is 2.21 bits per heavy atom. The van der Waals surface area contributed by atoms with Crippen molar-refractivity contribution in [3.63, 3.8) is 0 Å². The highest BCUT2D eigenvalue weighted by molar-refractivity contribution is 7.13. The van der Waals surface area contributed by atoms with Crippen molar-refractivity contribution in [2.75, 3.05) is 0 Å². The fourth-order valence-corrected chi connectivity index (χ4v) is 2.67. The molecule has 5 heteroatoms. The molecule has 1 heterocycles. The van der Waals surface area contributed by atoms with Crippen molar-refractivity contribution < 1.29 is 0 Å². The second-order valence-electron chi connectivity index (χ2n) is 4.98. The molecule has 0 radical (unpaired) electrons. The molecule has 0 saturated carbocycles. The molecule has 104 valence electrons. The monoisotopic (exact) mass is 297 g/mol. The first kappa shape index (κ1) is 16.1. The van der Waals surface area contributed by atoms with Gasteiger partial charge < -0.3 is 11.5 Å². The number of thiazole rings is 1. The molecule has 19 heavy (non-hydrogen) atoms. The average Bonchev–Trinajstić information content (AvgIpc) is 2.73. The van der Waals surface area contributed by atoms with Gasteiger partial charge in [-0.25, -0.2) is 4.98 Å². The SMILES string of the molecule is Cc1ncsc1-c1ccc(C(C)C(C)(N)N)cc1.Cl. The standard InChI is InChI=1S/C14H19N3S.ClH/c1-9(14(3,15)16)11-4-6-12(7-5-11)13-10(2)17-8-18-13;/h4-9H,15-16H2,1-3H3;1H. The van der Waals surface area contributed by atoms with Crippen LogP contribution in [0.25, 0.3) is 10.4 Å². The van der Waals surface area contributed by atoms with E-state index in [-0.39, 0.29) is 18.3 Å². The number of nitrogens with two attached hydrogens (primary N) is 2. The molecule has 0 aliphatic rings. The Bertz CT molecular complexity index is 528. The van der Waals surface area contributed by atoms with E-state index in [2.05, 4.69) is 29.2 Å². The van der Waals surface area contributed by atoms with E-state index in [0.29, 0.717) is 0 Å². The van der Waals surface area contributed by atoms with Gasteiger partial charge >= 0.3 is 0 Å². The summed E-state index contributed by atoms with van der Waals surface area (Å²) < 4.78 is 0. The summed E-state index contributed by atoms with van der Waals surface area (Å²) >= 11 is 1.66. The van der Waals surface area contributed by atoms with Gasteiger partial charge in [-0.05, 0) is 25.0 Å². The van der Waals surface area contributed by atoms with E-state index in [1.165, 1.54) is 10.4 Å². The van der Waals surface area contributed by atoms with Gasteiger partial charge in [0.1, 0.15) is 0 Å². The lowest BCUT2D eigenvalue weighted by Gasteiger charge is -2.27. The van der Waals surface area contributed by atoms with Crippen LogP contribution in [0.15, 0.2) is 29.8 Å². The van der Waals surface area contributed by atoms with Crippen molar-refractivity contribution >= 4 is 23.7 Å². The number of hydrogen-bond acceptors (Lipinski definition) is 4. The van der Waals surface area contributed by atoms with E-state index in [1.807, 2.05) is 26.3 Å². The number of hydrogen-bond donors (Lipinski definition) is 2. The fraction of sp³-hybridized carbons (Fsp3) is 0.357. The normalized spacial score (nSPS) is 12.9. The third-order valence-electron chi connectivity index (χ3n) is 3.35. The number of nitrogens with zero attached hydrogens (tertiary/aromatic N) is 1. The maximum absolute atomic E-state index is 5.94. The number of rotatable bonds is 3. The quantitative estimate of drug-likeness (QED) is 0.855. The van der Waals surface area contributed by atoms with Crippen LogP contribution >= 0.6 is 23.7 Å². The molecule has 4 N–H and O–H groups in total. The molecule has 2 aromatic rings. The summed E-state index contributed by atoms with van der Waals surface area (Å²) in [6.07, 6.45) is 0. The Hall–Kier alpha value is -0.940. The Balaban J connectivity index is 0.00000180. The maximum atomic E-state index is 5.94. The molecule has 0 bridgehead atoms. The molecular formula is C14H20ClN3S. The lowest BCUT2D eigenvalue weighted by Crippen LogP contribution is -2.50. The minimum absolute atomic E-state index is 0. The Morgan fingerprint density at radius 2 is 1.79 bits per heavy atom. The third-order valence-corrected chi connectivity index (χ3v) is 4.33. The van der Waals surface area contributed by atoms with E-state index in [4.69, 9.17) is 11.5 Å². The van der Waals surface area contributed by atoms with Gasteiger partial charge in [-0.3, -0.25) is 0 Å². The highest BCUT2D eigenvalue weighted by Gasteiger charge is 2.22. The second kappa shape index (κ2) is 6.01. The van der Waals surface area contributed by atoms with E-state index < -0.39 is 5.66 Å². The summed E-state index contributed by atoms with van der Waals surface area (Å²) in [4.78, 5) is 5.49. The summed E-state index contributed by atoms with van der Waals surface area (Å²) in [6, 6.07) is 8.41. The first-order valence-electron chi connectivity index (χ1n) is 5.98. The molecule has 1 atom stereocenters. The first-order chi connectivity index (χ1) is 8.39. The lowest BCUT2D eigenvalue weighted by molar-refractivity contribution is 0.411. The van der Waals surface area contributed by atoms with Crippen LogP contribution in [0.4, 0.5) is 0 Å². The summed E-state index contributed by atoms with van der Waals surface area (Å²) in [6.45, 7) is 5.92. The van der Waals surface area contributed by atoms with E-state index in [9.17, 15) is 0 Å². The average molecular weight is 298 g/mol. The highest BCUT2D eigenvalue weighted by atomic mass is 35.5. The predicted octanol–water partition coefficient (Wildman–Crippen LogP) is 3.28. The lowest BCUT2D eigenvalue weighted by atomic mass is 9.89. The minimum atomic E-state index is -0.693. The van der Waals surface area contributed by atoms with Gasteiger partial charge in [0.2, 0.25) is 0 Å². The van der Waals surface area contributed by atoms with Crippen LogP contribution in [0, 0.1) is 6.92 Å². The molecule has 0 fully saturated rings. The molecule has 0 saturated heterocycles. The molecule has 1 aromatic carbocycles. The molecule has 0 aliphatic heterocycles. The number of aryl methyl sites for hydroxylation is 1. The second-order valence-corrected chi connectivity index (χ2v) is 5.83. The van der Waals surface area contributed by atoms with E-state index >= 15 is 0 Å². The Labute approximate surface area is 124 Å². The van der Waals surface area contributed by atoms with E-state index in [0.717, 1.165) is 11.3 Å². The fourth-order valence-electron chi connectivity index (χ4n) is 1.86. The van der Waals surface area contributed by atoms with Crippen LogP contribution in [0.2, 0.25) is 0 Å². The number of aromatic nitrogens is 1. The first-order valence-corrected chi connectivity index (χ1v) is 6.85. The maximum Gasteiger partial charge on any atom is 0.0801 e. The molecule has 3 nitrogen and oxygen atoms in total. The van der Waals surface area contributed by atoms with Crippen LogP contribution in [0.1, 0.15) is 31.0 Å². The van der Waals surface area contributed by atoms with E-state index in [1.54, 1.807) is 11.3 Å². The smallest absolute Gasteiger partial charge is 0.0801 e. The van der Waals surface area contributed by atoms with Crippen LogP contribution in [-0.2, 0) is 0 Å². The zero-order valence-corrected chi connectivity index (χ0v) is 13.0. The van der Waals surface area contributed by atoms with Crippen LogP contribution in [0.5, 0.6) is 0 Å². The molecular weight excluding hydrogens is 278 g/mol. The van der Waals surface area contributed by atoms with Gasteiger partial charge in [-0.2, -0.15) is 0 Å². The highest BCUT2D eigenvalue weighted by Crippen LogP contribution is 2.29. The van der Waals surface area contributed by atoms with Crippen LogP contribution in [-0.4, -0.2) is 10.6 Å². The summed E-state index contributed by atoms with van der Waals surface area (Å²) in [7, 11) is 0. The topological polar surface area (TPSA) is 64.9 Å². The summed E-state index contributed by atoms with van der Waals surface area (Å²) in [5, 5.41) is 0. The third kappa shape index (κ3) is 3.54. The minimum Gasteiger partial charge on any atom is -0.313 e. The van der Waals surface area contributed by atoms with Gasteiger partial charge in [0.15, 0.2) is 0 Å². The number of halogens is 1. The van der Waals surface area contributed by atoms with Crippen molar-refractivity contribution in [3.8, 4) is 10.4 Å². The summed E-state index contributed by atoms with van der Waals surface area (Å²) in [5.41, 5.74) is 16.5. The van der Waals surface area contributed by atoms with Crippen molar-refractivity contribution in [2.45, 2.75) is 32.4 Å². The molecule has 0 spiro atoms. The molecule has 1 unspecified atom stereocenters. The summed E-state index contributed by atoms with van der Waals surface area (Å²) in [5.74, 6) is 0.120. The van der Waals surface area contributed by atoms with Crippen LogP contribution < -0.4 is 11.5 Å². The Kier molecular flexibility index (Phi) is 5.10. The molecule has 0 amide bonds.